The Kier molecular flexibility index (Phi) is 3.72. The first-order valence-electron chi connectivity index (χ1n) is 8.12. The number of hydrogen-bond acceptors (Lipinski definition) is 6. The lowest BCUT2D eigenvalue weighted by Crippen LogP contribution is -2.11. The standard InChI is InChI=1S/C16H20N6S/c1-3-22-9-20-21-13(22)7-17-15-14-11-5-4-10(2)6-12(11)23-16(14)19-8-18-15/h8-10H,3-7H2,1-2H3,(H,17,18,19)/t10-/m1/s1. The fraction of sp³-hybridized carbons (Fsp3) is 0.500. The second-order valence-corrected chi connectivity index (χ2v) is 7.22. The minimum atomic E-state index is 0.626. The number of fused-ring (bicyclic) bond motifs is 3. The van der Waals surface area contributed by atoms with Crippen LogP contribution in [0.1, 0.15) is 36.5 Å². The maximum atomic E-state index is 4.49. The smallest absolute Gasteiger partial charge is 0.152 e. The van der Waals surface area contributed by atoms with Gasteiger partial charge in [-0.3, -0.25) is 0 Å². The van der Waals surface area contributed by atoms with E-state index in [1.807, 2.05) is 15.9 Å². The lowest BCUT2D eigenvalue weighted by Gasteiger charge is -2.18. The number of nitrogens with zero attached hydrogens (tertiary/aromatic N) is 5. The van der Waals surface area contributed by atoms with Crippen molar-refractivity contribution >= 4 is 27.4 Å². The van der Waals surface area contributed by atoms with Gasteiger partial charge < -0.3 is 9.88 Å². The van der Waals surface area contributed by atoms with Crippen LogP contribution in [0, 0.1) is 5.92 Å². The first-order chi connectivity index (χ1) is 11.3. The molecule has 6 nitrogen and oxygen atoms in total. The molecule has 1 N–H and O–H groups in total. The highest BCUT2D eigenvalue weighted by Gasteiger charge is 2.23. The molecular formula is C16H20N6S. The lowest BCUT2D eigenvalue weighted by atomic mass is 9.89. The second-order valence-electron chi connectivity index (χ2n) is 6.14. The van der Waals surface area contributed by atoms with E-state index in [0.29, 0.717) is 6.54 Å². The van der Waals surface area contributed by atoms with Crippen LogP contribution in [-0.4, -0.2) is 24.7 Å². The summed E-state index contributed by atoms with van der Waals surface area (Å²) in [5.41, 5.74) is 1.45. The van der Waals surface area contributed by atoms with Crippen LogP contribution in [0.4, 0.5) is 5.82 Å². The zero-order valence-electron chi connectivity index (χ0n) is 13.4. The molecule has 0 saturated carbocycles. The van der Waals surface area contributed by atoms with Gasteiger partial charge in [0, 0.05) is 11.4 Å². The molecule has 0 aliphatic heterocycles. The van der Waals surface area contributed by atoms with Gasteiger partial charge >= 0.3 is 0 Å². The summed E-state index contributed by atoms with van der Waals surface area (Å²) in [6, 6.07) is 0. The molecule has 0 aromatic carbocycles. The van der Waals surface area contributed by atoms with Crippen molar-refractivity contribution in [3.05, 3.63) is 28.9 Å². The van der Waals surface area contributed by atoms with Crippen molar-refractivity contribution in [2.24, 2.45) is 5.92 Å². The van der Waals surface area contributed by atoms with Gasteiger partial charge in [-0.2, -0.15) is 0 Å². The molecule has 7 heteroatoms. The Labute approximate surface area is 139 Å². The minimum Gasteiger partial charge on any atom is -0.362 e. The number of aryl methyl sites for hydroxylation is 2. The Morgan fingerprint density at radius 2 is 2.30 bits per heavy atom. The highest BCUT2D eigenvalue weighted by Crippen LogP contribution is 2.39. The van der Waals surface area contributed by atoms with E-state index in [1.54, 1.807) is 12.7 Å². The van der Waals surface area contributed by atoms with E-state index in [0.717, 1.165) is 35.4 Å². The SMILES string of the molecule is CCn1cnnc1CNc1ncnc2sc3c(c12)CC[C@@H](C)C3. The third-order valence-electron chi connectivity index (χ3n) is 4.54. The van der Waals surface area contributed by atoms with Gasteiger partial charge in [0.25, 0.3) is 0 Å². The second kappa shape index (κ2) is 5.88. The van der Waals surface area contributed by atoms with Crippen molar-refractivity contribution in [1.29, 1.82) is 0 Å². The topological polar surface area (TPSA) is 68.5 Å². The molecule has 3 heterocycles. The average molecular weight is 328 g/mol. The summed E-state index contributed by atoms with van der Waals surface area (Å²) in [6.45, 7) is 5.91. The summed E-state index contributed by atoms with van der Waals surface area (Å²) in [7, 11) is 0. The summed E-state index contributed by atoms with van der Waals surface area (Å²) in [5.74, 6) is 2.62. The van der Waals surface area contributed by atoms with Crippen LogP contribution < -0.4 is 5.32 Å². The number of thiophene rings is 1. The van der Waals surface area contributed by atoms with Crippen molar-refractivity contribution in [3.63, 3.8) is 0 Å². The number of nitrogens with one attached hydrogen (secondary N) is 1. The Morgan fingerprint density at radius 1 is 1.39 bits per heavy atom. The van der Waals surface area contributed by atoms with Gasteiger partial charge in [0.2, 0.25) is 0 Å². The molecule has 23 heavy (non-hydrogen) atoms. The van der Waals surface area contributed by atoms with Crippen molar-refractivity contribution in [1.82, 2.24) is 24.7 Å². The van der Waals surface area contributed by atoms with Crippen LogP contribution >= 0.6 is 11.3 Å². The van der Waals surface area contributed by atoms with Crippen molar-refractivity contribution in [2.75, 3.05) is 5.32 Å². The molecule has 120 valence electrons. The third-order valence-corrected chi connectivity index (χ3v) is 5.70. The molecule has 1 aliphatic rings. The first kappa shape index (κ1) is 14.6. The molecule has 0 radical (unpaired) electrons. The predicted molar refractivity (Wildman–Crippen MR) is 91.6 cm³/mol. The van der Waals surface area contributed by atoms with Crippen molar-refractivity contribution < 1.29 is 0 Å². The fourth-order valence-corrected chi connectivity index (χ4v) is 4.60. The van der Waals surface area contributed by atoms with E-state index >= 15 is 0 Å². The van der Waals surface area contributed by atoms with Gasteiger partial charge in [-0.05, 0) is 37.7 Å². The van der Waals surface area contributed by atoms with E-state index in [4.69, 9.17) is 0 Å². The van der Waals surface area contributed by atoms with Crippen molar-refractivity contribution in [2.45, 2.75) is 46.2 Å². The summed E-state index contributed by atoms with van der Waals surface area (Å²) < 4.78 is 2.04. The molecular weight excluding hydrogens is 308 g/mol. The van der Waals surface area contributed by atoms with Gasteiger partial charge in [-0.15, -0.1) is 21.5 Å². The number of anilines is 1. The molecule has 1 aliphatic carbocycles. The summed E-state index contributed by atoms with van der Waals surface area (Å²) in [6.07, 6.45) is 6.96. The number of aromatic nitrogens is 5. The van der Waals surface area contributed by atoms with E-state index in [1.165, 1.54) is 28.7 Å². The molecule has 0 unspecified atom stereocenters. The molecule has 0 fully saturated rings. The molecule has 0 saturated heterocycles. The van der Waals surface area contributed by atoms with Crippen LogP contribution in [0.2, 0.25) is 0 Å². The molecule has 0 spiro atoms. The van der Waals surface area contributed by atoms with Gasteiger partial charge in [-0.1, -0.05) is 6.92 Å². The zero-order valence-corrected chi connectivity index (χ0v) is 14.2. The zero-order chi connectivity index (χ0) is 15.8. The highest BCUT2D eigenvalue weighted by atomic mass is 32.1. The Bertz CT molecular complexity index is 836. The molecule has 4 rings (SSSR count). The van der Waals surface area contributed by atoms with Gasteiger partial charge in [-0.25, -0.2) is 9.97 Å². The van der Waals surface area contributed by atoms with E-state index in [-0.39, 0.29) is 0 Å². The van der Waals surface area contributed by atoms with Gasteiger partial charge in [0.15, 0.2) is 5.82 Å². The molecule has 3 aromatic rings. The largest absolute Gasteiger partial charge is 0.362 e. The Balaban J connectivity index is 1.67. The van der Waals surface area contributed by atoms with Crippen LogP contribution in [0.3, 0.4) is 0 Å². The fourth-order valence-electron chi connectivity index (χ4n) is 3.25. The summed E-state index contributed by atoms with van der Waals surface area (Å²) in [5, 5.41) is 12.8. The predicted octanol–water partition coefficient (Wildman–Crippen LogP) is 3.04. The monoisotopic (exact) mass is 328 g/mol. The van der Waals surface area contributed by atoms with Gasteiger partial charge in [0.05, 0.1) is 11.9 Å². The van der Waals surface area contributed by atoms with Crippen LogP contribution in [0.5, 0.6) is 0 Å². The number of rotatable bonds is 4. The molecule has 3 aromatic heterocycles. The molecule has 0 amide bonds. The third kappa shape index (κ3) is 2.59. The van der Waals surface area contributed by atoms with Crippen LogP contribution in [-0.2, 0) is 25.9 Å². The Morgan fingerprint density at radius 3 is 3.17 bits per heavy atom. The maximum Gasteiger partial charge on any atom is 0.152 e. The summed E-state index contributed by atoms with van der Waals surface area (Å²) in [4.78, 5) is 11.6. The normalized spacial score (nSPS) is 17.4. The lowest BCUT2D eigenvalue weighted by molar-refractivity contribution is 0.509. The quantitative estimate of drug-likeness (QED) is 0.797. The molecule has 1 atom stereocenters. The van der Waals surface area contributed by atoms with E-state index in [9.17, 15) is 0 Å². The van der Waals surface area contributed by atoms with E-state index < -0.39 is 0 Å². The summed E-state index contributed by atoms with van der Waals surface area (Å²) >= 11 is 1.82. The van der Waals surface area contributed by atoms with Crippen LogP contribution in [0.15, 0.2) is 12.7 Å². The Hall–Kier alpha value is -2.02. The number of hydrogen-bond donors (Lipinski definition) is 1. The maximum absolute atomic E-state index is 4.49. The minimum absolute atomic E-state index is 0.626. The van der Waals surface area contributed by atoms with Crippen molar-refractivity contribution in [3.8, 4) is 0 Å². The van der Waals surface area contributed by atoms with Crippen LogP contribution in [0.25, 0.3) is 10.2 Å². The first-order valence-corrected chi connectivity index (χ1v) is 8.93. The van der Waals surface area contributed by atoms with E-state index in [2.05, 4.69) is 39.3 Å². The molecule has 0 bridgehead atoms. The van der Waals surface area contributed by atoms with Gasteiger partial charge in [0.1, 0.15) is 23.3 Å². The highest BCUT2D eigenvalue weighted by molar-refractivity contribution is 7.19. The average Bonchev–Trinajstić information content (AvgIpc) is 3.15.